The first-order valence-electron chi connectivity index (χ1n) is 11.7. The molecule has 6 rings (SSSR count). The summed E-state index contributed by atoms with van der Waals surface area (Å²) in [4.78, 5) is 17.9. The summed E-state index contributed by atoms with van der Waals surface area (Å²) in [5.74, 6) is 2.06. The van der Waals surface area contributed by atoms with Crippen LogP contribution in [-0.2, 0) is 4.79 Å². The van der Waals surface area contributed by atoms with Crippen LogP contribution < -0.4 is 9.64 Å². The molecule has 35 heavy (non-hydrogen) atoms. The summed E-state index contributed by atoms with van der Waals surface area (Å²) in [6.45, 7) is 2.66. The number of nitrogens with zero attached hydrogens (tertiary/aromatic N) is 4. The SMILES string of the molecule is O=C(C1c2ccccc2Oc2ccccc21)N1CCN(c2ccc(-c3ccc(Cl)cc3)nn2)CC1. The van der Waals surface area contributed by atoms with Gasteiger partial charge in [0.1, 0.15) is 11.5 Å². The molecule has 1 amide bonds. The van der Waals surface area contributed by atoms with E-state index in [-0.39, 0.29) is 11.8 Å². The summed E-state index contributed by atoms with van der Waals surface area (Å²) < 4.78 is 6.07. The van der Waals surface area contributed by atoms with Gasteiger partial charge >= 0.3 is 0 Å². The van der Waals surface area contributed by atoms with Crippen molar-refractivity contribution in [2.75, 3.05) is 31.1 Å². The maximum atomic E-state index is 13.8. The summed E-state index contributed by atoms with van der Waals surface area (Å²) >= 11 is 5.98. The van der Waals surface area contributed by atoms with E-state index in [0.29, 0.717) is 31.2 Å². The van der Waals surface area contributed by atoms with Crippen molar-refractivity contribution in [2.24, 2.45) is 0 Å². The second-order valence-corrected chi connectivity index (χ2v) is 9.14. The average molecular weight is 483 g/mol. The molecule has 6 nitrogen and oxygen atoms in total. The minimum Gasteiger partial charge on any atom is -0.457 e. The van der Waals surface area contributed by atoms with Crippen molar-refractivity contribution in [3.05, 3.63) is 101 Å². The minimum absolute atomic E-state index is 0.108. The zero-order valence-corrected chi connectivity index (χ0v) is 19.7. The van der Waals surface area contributed by atoms with E-state index < -0.39 is 0 Å². The van der Waals surface area contributed by atoms with E-state index in [1.54, 1.807) is 0 Å². The summed E-state index contributed by atoms with van der Waals surface area (Å²) in [6, 6.07) is 27.1. The zero-order valence-electron chi connectivity index (χ0n) is 19.0. The van der Waals surface area contributed by atoms with E-state index in [9.17, 15) is 4.79 Å². The summed E-state index contributed by atoms with van der Waals surface area (Å²) in [6.07, 6.45) is 0. The van der Waals surface area contributed by atoms with Gasteiger partial charge in [-0.25, -0.2) is 0 Å². The molecule has 2 aliphatic rings. The van der Waals surface area contributed by atoms with E-state index in [1.807, 2.05) is 89.8 Å². The first-order valence-corrected chi connectivity index (χ1v) is 12.0. The Kier molecular flexibility index (Phi) is 5.58. The van der Waals surface area contributed by atoms with Gasteiger partial charge in [0.25, 0.3) is 0 Å². The molecule has 1 fully saturated rings. The van der Waals surface area contributed by atoms with Crippen LogP contribution in [0.3, 0.4) is 0 Å². The topological polar surface area (TPSA) is 58.6 Å². The van der Waals surface area contributed by atoms with Crippen LogP contribution in [0.15, 0.2) is 84.9 Å². The molecule has 4 aromatic rings. The van der Waals surface area contributed by atoms with Gasteiger partial charge in [0.05, 0.1) is 11.6 Å². The van der Waals surface area contributed by atoms with Crippen LogP contribution in [0.2, 0.25) is 5.02 Å². The Bertz CT molecular complexity index is 1320. The van der Waals surface area contributed by atoms with Gasteiger partial charge in [0.2, 0.25) is 5.91 Å². The van der Waals surface area contributed by atoms with Gasteiger partial charge in [0.15, 0.2) is 5.82 Å². The molecule has 1 aromatic heterocycles. The Morgan fingerprint density at radius 2 is 1.40 bits per heavy atom. The number of aromatic nitrogens is 2. The van der Waals surface area contributed by atoms with Crippen LogP contribution in [-0.4, -0.2) is 47.2 Å². The molecule has 0 unspecified atom stereocenters. The third-order valence-electron chi connectivity index (χ3n) is 6.63. The molecule has 0 aliphatic carbocycles. The third-order valence-corrected chi connectivity index (χ3v) is 6.88. The Balaban J connectivity index is 1.17. The van der Waals surface area contributed by atoms with Crippen LogP contribution in [0.5, 0.6) is 11.5 Å². The number of benzene rings is 3. The maximum Gasteiger partial charge on any atom is 0.234 e. The van der Waals surface area contributed by atoms with Gasteiger partial charge in [-0.1, -0.05) is 60.1 Å². The largest absolute Gasteiger partial charge is 0.457 e. The lowest BCUT2D eigenvalue weighted by molar-refractivity contribution is -0.132. The monoisotopic (exact) mass is 482 g/mol. The van der Waals surface area contributed by atoms with Gasteiger partial charge in [-0.15, -0.1) is 10.2 Å². The molecule has 7 heteroatoms. The molecule has 0 bridgehead atoms. The molecule has 174 valence electrons. The number of piperazine rings is 1. The molecular formula is C28H23ClN4O2. The van der Waals surface area contributed by atoms with E-state index in [2.05, 4.69) is 15.1 Å². The van der Waals surface area contributed by atoms with Gasteiger partial charge in [-0.05, 0) is 36.4 Å². The van der Waals surface area contributed by atoms with Crippen molar-refractivity contribution in [2.45, 2.75) is 5.92 Å². The lowest BCUT2D eigenvalue weighted by Gasteiger charge is -2.38. The van der Waals surface area contributed by atoms with Crippen molar-refractivity contribution in [3.8, 4) is 22.8 Å². The fraction of sp³-hybridized carbons (Fsp3) is 0.179. The second-order valence-electron chi connectivity index (χ2n) is 8.71. The van der Waals surface area contributed by atoms with Crippen LogP contribution in [0.25, 0.3) is 11.3 Å². The van der Waals surface area contributed by atoms with Gasteiger partial charge in [-0.2, -0.15) is 0 Å². The number of anilines is 1. The number of hydrogen-bond acceptors (Lipinski definition) is 5. The van der Waals surface area contributed by atoms with Gasteiger partial charge in [0, 0.05) is 47.9 Å². The molecule has 0 atom stereocenters. The van der Waals surface area contributed by atoms with Crippen molar-refractivity contribution < 1.29 is 9.53 Å². The van der Waals surface area contributed by atoms with E-state index in [0.717, 1.165) is 39.7 Å². The number of carbonyl (C=O) groups excluding carboxylic acids is 1. The Morgan fingerprint density at radius 3 is 2.00 bits per heavy atom. The lowest BCUT2D eigenvalue weighted by Crippen LogP contribution is -2.50. The fourth-order valence-electron chi connectivity index (χ4n) is 4.78. The standard InChI is InChI=1S/C28H23ClN4O2/c29-20-11-9-19(10-12-20)23-13-14-26(31-30-23)32-15-17-33(18-16-32)28(34)27-21-5-1-3-7-24(21)35-25-8-4-2-6-22(25)27/h1-14,27H,15-18H2. The zero-order chi connectivity index (χ0) is 23.8. The predicted molar refractivity (Wildman–Crippen MR) is 136 cm³/mol. The number of amides is 1. The number of hydrogen-bond donors (Lipinski definition) is 0. The van der Waals surface area contributed by atoms with Crippen molar-refractivity contribution in [3.63, 3.8) is 0 Å². The van der Waals surface area contributed by atoms with Crippen molar-refractivity contribution >= 4 is 23.3 Å². The molecule has 2 aliphatic heterocycles. The Morgan fingerprint density at radius 1 is 0.771 bits per heavy atom. The molecule has 0 radical (unpaired) electrons. The van der Waals surface area contributed by atoms with Gasteiger partial charge in [-0.3, -0.25) is 4.79 Å². The average Bonchev–Trinajstić information content (AvgIpc) is 2.92. The number of para-hydroxylation sites is 2. The normalized spacial score (nSPS) is 15.2. The smallest absolute Gasteiger partial charge is 0.234 e. The highest BCUT2D eigenvalue weighted by Crippen LogP contribution is 2.44. The molecule has 3 aromatic carbocycles. The lowest BCUT2D eigenvalue weighted by atomic mass is 9.86. The maximum absolute atomic E-state index is 13.8. The number of fused-ring (bicyclic) bond motifs is 2. The molecular weight excluding hydrogens is 460 g/mol. The van der Waals surface area contributed by atoms with Crippen LogP contribution in [0.4, 0.5) is 5.82 Å². The summed E-state index contributed by atoms with van der Waals surface area (Å²) in [7, 11) is 0. The number of carbonyl (C=O) groups is 1. The molecule has 3 heterocycles. The van der Waals surface area contributed by atoms with Crippen LogP contribution >= 0.6 is 11.6 Å². The summed E-state index contributed by atoms with van der Waals surface area (Å²) in [5.41, 5.74) is 3.61. The molecule has 1 saturated heterocycles. The highest BCUT2D eigenvalue weighted by molar-refractivity contribution is 6.30. The highest BCUT2D eigenvalue weighted by atomic mass is 35.5. The van der Waals surface area contributed by atoms with E-state index in [4.69, 9.17) is 16.3 Å². The van der Waals surface area contributed by atoms with Gasteiger partial charge < -0.3 is 14.5 Å². The highest BCUT2D eigenvalue weighted by Gasteiger charge is 2.36. The molecule has 0 saturated carbocycles. The first kappa shape index (κ1) is 21.6. The second kappa shape index (κ2) is 9.04. The third kappa shape index (κ3) is 4.10. The van der Waals surface area contributed by atoms with Crippen molar-refractivity contribution in [1.29, 1.82) is 0 Å². The molecule has 0 N–H and O–H groups in total. The first-order chi connectivity index (χ1) is 17.2. The fourth-order valence-corrected chi connectivity index (χ4v) is 4.91. The van der Waals surface area contributed by atoms with E-state index in [1.165, 1.54) is 0 Å². The van der Waals surface area contributed by atoms with Crippen LogP contribution in [0.1, 0.15) is 17.0 Å². The van der Waals surface area contributed by atoms with Crippen LogP contribution in [0, 0.1) is 0 Å². The quantitative estimate of drug-likeness (QED) is 0.392. The Labute approximate surface area is 208 Å². The number of halogens is 1. The van der Waals surface area contributed by atoms with E-state index >= 15 is 0 Å². The number of rotatable bonds is 3. The Hall–Kier alpha value is -3.90. The summed E-state index contributed by atoms with van der Waals surface area (Å²) in [5, 5.41) is 9.54. The minimum atomic E-state index is -0.360. The molecule has 0 spiro atoms. The predicted octanol–water partition coefficient (Wildman–Crippen LogP) is 5.38. The number of ether oxygens (including phenoxy) is 1. The van der Waals surface area contributed by atoms with Crippen molar-refractivity contribution in [1.82, 2.24) is 15.1 Å².